The minimum Gasteiger partial charge on any atom is -0.462 e. The third-order valence-electron chi connectivity index (χ3n) is 2.57. The first-order valence-corrected chi connectivity index (χ1v) is 5.95. The lowest BCUT2D eigenvalue weighted by molar-refractivity contribution is -0.139. The Hall–Kier alpha value is -1.81. The molecule has 18 heavy (non-hydrogen) atoms. The third-order valence-corrected chi connectivity index (χ3v) is 2.88. The second-order valence-corrected chi connectivity index (χ2v) is 4.18. The largest absolute Gasteiger partial charge is 0.462 e. The van der Waals surface area contributed by atoms with Crippen molar-refractivity contribution in [2.24, 2.45) is 0 Å². The van der Waals surface area contributed by atoms with Gasteiger partial charge in [-0.2, -0.15) is 0 Å². The van der Waals surface area contributed by atoms with Crippen molar-refractivity contribution >= 4 is 29.2 Å². The van der Waals surface area contributed by atoms with Crippen molar-refractivity contribution in [3.63, 3.8) is 0 Å². The zero-order chi connectivity index (χ0) is 13.1. The molecule has 1 aliphatic rings. The number of nitrogens with zero attached hydrogens (tertiary/aromatic N) is 1. The van der Waals surface area contributed by atoms with Gasteiger partial charge in [-0.1, -0.05) is 29.8 Å². The standard InChI is InChI=1S/C13H12ClNO3/c1-2-18-13(17)11-10(14)8-15(12(11)16)9-6-4-3-5-7-9/h3-7H,2,8H2,1H3. The first-order valence-electron chi connectivity index (χ1n) is 5.57. The maximum Gasteiger partial charge on any atom is 0.345 e. The fourth-order valence-corrected chi connectivity index (χ4v) is 2.04. The van der Waals surface area contributed by atoms with Crippen molar-refractivity contribution < 1.29 is 14.3 Å². The van der Waals surface area contributed by atoms with Crippen molar-refractivity contribution in [3.05, 3.63) is 40.9 Å². The summed E-state index contributed by atoms with van der Waals surface area (Å²) in [4.78, 5) is 25.2. The monoisotopic (exact) mass is 265 g/mol. The number of carbonyl (C=O) groups is 2. The van der Waals surface area contributed by atoms with Crippen LogP contribution in [0, 0.1) is 0 Å². The number of halogens is 1. The number of anilines is 1. The molecule has 0 aliphatic carbocycles. The van der Waals surface area contributed by atoms with Gasteiger partial charge in [-0.05, 0) is 19.1 Å². The van der Waals surface area contributed by atoms with Crippen LogP contribution in [0.2, 0.25) is 0 Å². The lowest BCUT2D eigenvalue weighted by atomic mass is 10.2. The first-order chi connectivity index (χ1) is 8.65. The minimum absolute atomic E-state index is 0.0673. The number of para-hydroxylation sites is 1. The highest BCUT2D eigenvalue weighted by molar-refractivity contribution is 6.40. The number of esters is 1. The smallest absolute Gasteiger partial charge is 0.345 e. The van der Waals surface area contributed by atoms with Gasteiger partial charge in [0.2, 0.25) is 0 Å². The van der Waals surface area contributed by atoms with E-state index in [1.807, 2.05) is 18.2 Å². The Bertz CT molecular complexity index is 510. The van der Waals surface area contributed by atoms with Gasteiger partial charge in [0, 0.05) is 5.69 Å². The minimum atomic E-state index is -0.661. The molecular formula is C13H12ClNO3. The lowest BCUT2D eigenvalue weighted by Gasteiger charge is -2.15. The second kappa shape index (κ2) is 5.23. The summed E-state index contributed by atoms with van der Waals surface area (Å²) in [5.74, 6) is -1.07. The second-order valence-electron chi connectivity index (χ2n) is 3.73. The van der Waals surface area contributed by atoms with Crippen LogP contribution in [0.25, 0.3) is 0 Å². The molecule has 1 amide bonds. The average Bonchev–Trinajstić information content (AvgIpc) is 2.66. The molecule has 1 aromatic rings. The number of amides is 1. The van der Waals surface area contributed by atoms with Crippen molar-refractivity contribution in [1.82, 2.24) is 0 Å². The number of rotatable bonds is 3. The molecule has 4 nitrogen and oxygen atoms in total. The predicted octanol–water partition coefficient (Wildman–Crippen LogP) is 2.09. The van der Waals surface area contributed by atoms with Crippen LogP contribution in [0.15, 0.2) is 40.9 Å². The van der Waals surface area contributed by atoms with Gasteiger partial charge < -0.3 is 9.64 Å². The van der Waals surface area contributed by atoms with E-state index in [-0.39, 0.29) is 23.8 Å². The number of benzene rings is 1. The topological polar surface area (TPSA) is 46.6 Å². The van der Waals surface area contributed by atoms with Gasteiger partial charge in [0.15, 0.2) is 0 Å². The van der Waals surface area contributed by atoms with Crippen molar-refractivity contribution in [2.45, 2.75) is 6.92 Å². The molecule has 2 rings (SSSR count). The molecule has 1 aromatic carbocycles. The van der Waals surface area contributed by atoms with Crippen LogP contribution in [0.3, 0.4) is 0 Å². The summed E-state index contributed by atoms with van der Waals surface area (Å²) >= 11 is 5.96. The van der Waals surface area contributed by atoms with E-state index in [1.165, 1.54) is 4.90 Å². The summed E-state index contributed by atoms with van der Waals surface area (Å²) in [6.45, 7) is 2.10. The van der Waals surface area contributed by atoms with Crippen LogP contribution in [0.1, 0.15) is 6.92 Å². The van der Waals surface area contributed by atoms with E-state index in [0.29, 0.717) is 5.69 Å². The molecule has 0 radical (unpaired) electrons. The van der Waals surface area contributed by atoms with Crippen molar-refractivity contribution in [2.75, 3.05) is 18.1 Å². The van der Waals surface area contributed by atoms with E-state index < -0.39 is 11.9 Å². The maximum atomic E-state index is 12.1. The Morgan fingerprint density at radius 2 is 2.06 bits per heavy atom. The molecular weight excluding hydrogens is 254 g/mol. The van der Waals surface area contributed by atoms with Gasteiger partial charge in [0.1, 0.15) is 5.57 Å². The Balaban J connectivity index is 2.24. The number of carbonyl (C=O) groups excluding carboxylic acids is 2. The quantitative estimate of drug-likeness (QED) is 0.621. The molecule has 5 heteroatoms. The van der Waals surface area contributed by atoms with E-state index >= 15 is 0 Å². The summed E-state index contributed by atoms with van der Waals surface area (Å²) < 4.78 is 4.82. The highest BCUT2D eigenvalue weighted by atomic mass is 35.5. The summed E-state index contributed by atoms with van der Waals surface area (Å²) in [7, 11) is 0. The molecule has 0 atom stereocenters. The maximum absolute atomic E-state index is 12.1. The van der Waals surface area contributed by atoms with Gasteiger partial charge in [0.25, 0.3) is 5.91 Å². The van der Waals surface area contributed by atoms with Crippen LogP contribution in [0.4, 0.5) is 5.69 Å². The average molecular weight is 266 g/mol. The molecule has 0 fully saturated rings. The molecule has 0 unspecified atom stereocenters. The Kier molecular flexibility index (Phi) is 3.67. The zero-order valence-corrected chi connectivity index (χ0v) is 10.6. The molecule has 0 bridgehead atoms. The van der Waals surface area contributed by atoms with Gasteiger partial charge in [-0.25, -0.2) is 4.79 Å². The van der Waals surface area contributed by atoms with Crippen molar-refractivity contribution in [1.29, 1.82) is 0 Å². The summed E-state index contributed by atoms with van der Waals surface area (Å²) in [5, 5.41) is 0.224. The molecule has 0 aromatic heterocycles. The highest BCUT2D eigenvalue weighted by Crippen LogP contribution is 2.28. The lowest BCUT2D eigenvalue weighted by Crippen LogP contribution is -2.28. The number of hydrogen-bond acceptors (Lipinski definition) is 3. The van der Waals surface area contributed by atoms with Crippen LogP contribution in [-0.4, -0.2) is 25.0 Å². The van der Waals surface area contributed by atoms with Crippen molar-refractivity contribution in [3.8, 4) is 0 Å². The van der Waals surface area contributed by atoms with E-state index in [4.69, 9.17) is 16.3 Å². The van der Waals surface area contributed by atoms with Gasteiger partial charge in [-0.3, -0.25) is 4.79 Å². The number of hydrogen-bond donors (Lipinski definition) is 0. The Labute approximate surface area is 110 Å². The third kappa shape index (κ3) is 2.24. The molecule has 0 saturated heterocycles. The first kappa shape index (κ1) is 12.6. The van der Waals surface area contributed by atoms with Crippen LogP contribution < -0.4 is 4.90 Å². The molecule has 94 valence electrons. The molecule has 1 heterocycles. The number of ether oxygens (including phenoxy) is 1. The van der Waals surface area contributed by atoms with Crippen LogP contribution in [0.5, 0.6) is 0 Å². The fraction of sp³-hybridized carbons (Fsp3) is 0.231. The van der Waals surface area contributed by atoms with E-state index in [9.17, 15) is 9.59 Å². The molecule has 0 N–H and O–H groups in total. The van der Waals surface area contributed by atoms with E-state index in [1.54, 1.807) is 19.1 Å². The summed E-state index contributed by atoms with van der Waals surface area (Å²) in [6, 6.07) is 9.06. The SMILES string of the molecule is CCOC(=O)C1=C(Cl)CN(c2ccccc2)C1=O. The van der Waals surface area contributed by atoms with E-state index in [2.05, 4.69) is 0 Å². The molecule has 0 saturated carbocycles. The van der Waals surface area contributed by atoms with Crippen LogP contribution in [-0.2, 0) is 14.3 Å². The molecule has 0 spiro atoms. The van der Waals surface area contributed by atoms with E-state index in [0.717, 1.165) is 0 Å². The Morgan fingerprint density at radius 1 is 1.39 bits per heavy atom. The Morgan fingerprint density at radius 3 is 2.67 bits per heavy atom. The highest BCUT2D eigenvalue weighted by Gasteiger charge is 2.35. The zero-order valence-electron chi connectivity index (χ0n) is 9.85. The summed E-state index contributed by atoms with van der Waals surface area (Å²) in [5.41, 5.74) is 0.641. The van der Waals surface area contributed by atoms with Gasteiger partial charge in [-0.15, -0.1) is 0 Å². The van der Waals surface area contributed by atoms with Crippen LogP contribution >= 0.6 is 11.6 Å². The normalized spacial score (nSPS) is 15.2. The van der Waals surface area contributed by atoms with Gasteiger partial charge >= 0.3 is 5.97 Å². The van der Waals surface area contributed by atoms with Gasteiger partial charge in [0.05, 0.1) is 18.2 Å². The summed E-state index contributed by atoms with van der Waals surface area (Å²) in [6.07, 6.45) is 0. The predicted molar refractivity (Wildman–Crippen MR) is 68.3 cm³/mol. The fourth-order valence-electron chi connectivity index (χ4n) is 1.76. The molecule has 1 aliphatic heterocycles.